The van der Waals surface area contributed by atoms with Crippen LogP contribution in [0.1, 0.15) is 71.8 Å². The minimum Gasteiger partial charge on any atom is -0.508 e. The number of unbranched alkanes of at least 4 members (excludes halogenated alkanes) is 1. The summed E-state index contributed by atoms with van der Waals surface area (Å²) in [5, 5.41) is 32.1. The van der Waals surface area contributed by atoms with Crippen LogP contribution in [0.3, 0.4) is 0 Å². The number of carbonyl (C=O) groups is 6. The largest absolute Gasteiger partial charge is 0.508 e. The van der Waals surface area contributed by atoms with Crippen molar-refractivity contribution in [3.8, 4) is 5.75 Å². The number of aliphatic imine (C=N–C) groups is 1. The van der Waals surface area contributed by atoms with Crippen molar-refractivity contribution >= 4 is 41.5 Å². The van der Waals surface area contributed by atoms with Crippen LogP contribution >= 0.6 is 0 Å². The fourth-order valence-electron chi connectivity index (χ4n) is 4.49. The first-order valence-electron chi connectivity index (χ1n) is 15.6. The molecule has 0 bridgehead atoms. The molecule has 0 spiro atoms. The number of phenolic OH excluding ortho intramolecular Hbond substituents is 1. The Hall–Kier alpha value is -4.89. The second-order valence-electron chi connectivity index (χ2n) is 11.6. The number of hydrogen-bond donors (Lipinski definition) is 9. The van der Waals surface area contributed by atoms with Gasteiger partial charge in [0.1, 0.15) is 29.9 Å². The van der Waals surface area contributed by atoms with Crippen molar-refractivity contribution in [3.05, 3.63) is 29.8 Å². The Morgan fingerprint density at radius 3 is 1.87 bits per heavy atom. The van der Waals surface area contributed by atoms with Gasteiger partial charge in [0.15, 0.2) is 5.96 Å². The van der Waals surface area contributed by atoms with Crippen molar-refractivity contribution < 1.29 is 39.0 Å². The Labute approximate surface area is 274 Å². The van der Waals surface area contributed by atoms with Crippen LogP contribution in [0.5, 0.6) is 5.75 Å². The van der Waals surface area contributed by atoms with E-state index in [1.165, 1.54) is 31.2 Å². The van der Waals surface area contributed by atoms with Gasteiger partial charge >= 0.3 is 5.97 Å². The highest BCUT2D eigenvalue weighted by Crippen LogP contribution is 2.13. The second kappa shape index (κ2) is 21.0. The highest BCUT2D eigenvalue weighted by Gasteiger charge is 2.31. The van der Waals surface area contributed by atoms with Gasteiger partial charge in [-0.25, -0.2) is 4.79 Å². The SMILES string of the molecule is CCCC[C@H](NC(=O)CNC(C)=O)C(=O)N[C@@H](CCCN=C(N)N)C(=O)N[C@@H](CC(C)C)C(=O)N[C@@H](Cc1ccc(O)cc1)C(=O)O. The van der Waals surface area contributed by atoms with Crippen LogP contribution in [0.15, 0.2) is 29.3 Å². The molecule has 0 aliphatic heterocycles. The molecule has 262 valence electrons. The van der Waals surface area contributed by atoms with E-state index in [0.717, 1.165) is 6.42 Å². The van der Waals surface area contributed by atoms with Crippen LogP contribution in [-0.4, -0.2) is 88.9 Å². The first kappa shape index (κ1) is 40.1. The van der Waals surface area contributed by atoms with Gasteiger partial charge in [-0.15, -0.1) is 0 Å². The topological polar surface area (TPSA) is 267 Å². The maximum absolute atomic E-state index is 13.6. The number of nitrogens with two attached hydrogens (primary N) is 2. The Balaban J connectivity index is 3.18. The molecule has 4 atom stereocenters. The third-order valence-corrected chi connectivity index (χ3v) is 6.91. The zero-order valence-electron chi connectivity index (χ0n) is 27.5. The third-order valence-electron chi connectivity index (χ3n) is 6.91. The quantitative estimate of drug-likeness (QED) is 0.0457. The van der Waals surface area contributed by atoms with Crippen molar-refractivity contribution in [2.24, 2.45) is 22.4 Å². The summed E-state index contributed by atoms with van der Waals surface area (Å²) in [4.78, 5) is 79.9. The Morgan fingerprint density at radius 2 is 1.34 bits per heavy atom. The molecule has 0 fully saturated rings. The summed E-state index contributed by atoms with van der Waals surface area (Å²) < 4.78 is 0. The number of rotatable bonds is 21. The number of phenols is 1. The van der Waals surface area contributed by atoms with Crippen LogP contribution in [0.25, 0.3) is 0 Å². The molecule has 0 saturated carbocycles. The number of guanidine groups is 1. The summed E-state index contributed by atoms with van der Waals surface area (Å²) in [7, 11) is 0. The van der Waals surface area contributed by atoms with Crippen molar-refractivity contribution in [1.29, 1.82) is 0 Å². The maximum Gasteiger partial charge on any atom is 0.326 e. The molecule has 47 heavy (non-hydrogen) atoms. The number of aromatic hydroxyl groups is 1. The molecule has 0 saturated heterocycles. The molecule has 1 rings (SSSR count). The molecule has 0 radical (unpaired) electrons. The summed E-state index contributed by atoms with van der Waals surface area (Å²) in [5.41, 5.74) is 11.4. The summed E-state index contributed by atoms with van der Waals surface area (Å²) in [6.45, 7) is 6.64. The minimum atomic E-state index is -1.32. The summed E-state index contributed by atoms with van der Waals surface area (Å²) in [5.74, 6) is -4.58. The Kier molecular flexibility index (Phi) is 17.9. The molecule has 16 nitrogen and oxygen atoms in total. The number of carboxylic acid groups (broad SMARTS) is 1. The fraction of sp³-hybridized carbons (Fsp3) is 0.581. The van der Waals surface area contributed by atoms with E-state index in [4.69, 9.17) is 11.5 Å². The van der Waals surface area contributed by atoms with Crippen molar-refractivity contribution in [1.82, 2.24) is 26.6 Å². The van der Waals surface area contributed by atoms with Gasteiger partial charge in [0.2, 0.25) is 29.5 Å². The number of carbonyl (C=O) groups excluding carboxylic acids is 5. The maximum atomic E-state index is 13.6. The summed E-state index contributed by atoms with van der Waals surface area (Å²) in [6.07, 6.45) is 2.03. The minimum absolute atomic E-state index is 0.00775. The van der Waals surface area contributed by atoms with E-state index >= 15 is 0 Å². The Bertz CT molecular complexity index is 1230. The molecule has 16 heteroatoms. The highest BCUT2D eigenvalue weighted by atomic mass is 16.4. The third kappa shape index (κ3) is 16.8. The lowest BCUT2D eigenvalue weighted by Crippen LogP contribution is -2.58. The van der Waals surface area contributed by atoms with E-state index in [1.54, 1.807) is 0 Å². The standard InChI is InChI=1S/C31H50N8O8/c1-5-6-8-22(36-26(42)17-35-19(4)40)27(43)37-23(9-7-14-34-31(32)33)28(44)38-24(15-18(2)3)29(45)39-25(30(46)47)16-20-10-12-21(41)13-11-20/h10-13,18,22-25,41H,5-9,14-17H2,1-4H3,(H,35,40)(H,36,42)(H,37,43)(H,38,44)(H,39,45)(H,46,47)(H4,32,33,34)/t22-,23-,24-,25-/m0/s1. The van der Waals surface area contributed by atoms with E-state index < -0.39 is 59.7 Å². The molecule has 0 aliphatic rings. The van der Waals surface area contributed by atoms with Crippen LogP contribution in [0, 0.1) is 5.92 Å². The summed E-state index contributed by atoms with van der Waals surface area (Å²) >= 11 is 0. The van der Waals surface area contributed by atoms with Gasteiger partial charge in [0.25, 0.3) is 0 Å². The molecule has 11 N–H and O–H groups in total. The number of carboxylic acids is 1. The molecule has 0 unspecified atom stereocenters. The molecular weight excluding hydrogens is 612 g/mol. The monoisotopic (exact) mass is 662 g/mol. The molecule has 1 aromatic rings. The number of benzene rings is 1. The number of aliphatic carboxylic acids is 1. The van der Waals surface area contributed by atoms with Gasteiger partial charge in [0, 0.05) is 19.9 Å². The first-order chi connectivity index (χ1) is 22.1. The molecular formula is C31H50N8O8. The van der Waals surface area contributed by atoms with Crippen molar-refractivity contribution in [2.75, 3.05) is 13.1 Å². The van der Waals surface area contributed by atoms with E-state index in [0.29, 0.717) is 12.0 Å². The average molecular weight is 663 g/mol. The van der Waals surface area contributed by atoms with Crippen LogP contribution in [-0.2, 0) is 35.2 Å². The summed E-state index contributed by atoms with van der Waals surface area (Å²) in [6, 6.07) is 1.25. The zero-order chi connectivity index (χ0) is 35.5. The normalized spacial score (nSPS) is 13.3. The first-order valence-corrected chi connectivity index (χ1v) is 15.6. The number of nitrogens with one attached hydrogen (secondary N) is 5. The average Bonchev–Trinajstić information content (AvgIpc) is 2.99. The van der Waals surface area contributed by atoms with Crippen LogP contribution < -0.4 is 38.1 Å². The number of amides is 5. The van der Waals surface area contributed by atoms with E-state index in [9.17, 15) is 39.0 Å². The number of nitrogens with zero attached hydrogens (tertiary/aromatic N) is 1. The van der Waals surface area contributed by atoms with E-state index in [1.807, 2.05) is 20.8 Å². The van der Waals surface area contributed by atoms with Gasteiger partial charge in [0.05, 0.1) is 6.54 Å². The van der Waals surface area contributed by atoms with Gasteiger partial charge in [-0.05, 0) is 49.3 Å². The Morgan fingerprint density at radius 1 is 0.809 bits per heavy atom. The van der Waals surface area contributed by atoms with Crippen molar-refractivity contribution in [3.63, 3.8) is 0 Å². The van der Waals surface area contributed by atoms with Crippen molar-refractivity contribution in [2.45, 2.75) is 96.8 Å². The molecule has 0 aliphatic carbocycles. The second-order valence-corrected chi connectivity index (χ2v) is 11.6. The zero-order valence-corrected chi connectivity index (χ0v) is 27.5. The van der Waals surface area contributed by atoms with Gasteiger partial charge < -0.3 is 48.3 Å². The van der Waals surface area contributed by atoms with Gasteiger partial charge in [-0.3, -0.25) is 29.0 Å². The van der Waals surface area contributed by atoms with Gasteiger partial charge in [-0.1, -0.05) is 45.7 Å². The lowest BCUT2D eigenvalue weighted by Gasteiger charge is -2.27. The van der Waals surface area contributed by atoms with E-state index in [2.05, 4.69) is 31.6 Å². The van der Waals surface area contributed by atoms with E-state index in [-0.39, 0.29) is 62.8 Å². The highest BCUT2D eigenvalue weighted by molar-refractivity contribution is 5.95. The van der Waals surface area contributed by atoms with Crippen LogP contribution in [0.2, 0.25) is 0 Å². The predicted molar refractivity (Wildman–Crippen MR) is 175 cm³/mol. The molecule has 0 heterocycles. The van der Waals surface area contributed by atoms with Gasteiger partial charge in [-0.2, -0.15) is 0 Å². The van der Waals surface area contributed by atoms with Crippen LogP contribution in [0.4, 0.5) is 0 Å². The molecule has 5 amide bonds. The molecule has 0 aromatic heterocycles. The molecule has 1 aromatic carbocycles. The lowest BCUT2D eigenvalue weighted by atomic mass is 10.0. The predicted octanol–water partition coefficient (Wildman–Crippen LogP) is -0.615. The smallest absolute Gasteiger partial charge is 0.326 e. The lowest BCUT2D eigenvalue weighted by molar-refractivity contribution is -0.142. The number of hydrogen-bond acceptors (Lipinski definition) is 8. The fourth-order valence-corrected chi connectivity index (χ4v) is 4.49.